The van der Waals surface area contributed by atoms with Gasteiger partial charge in [0.05, 0.1) is 0 Å². The molecule has 156 valence electrons. The van der Waals surface area contributed by atoms with E-state index in [1.807, 2.05) is 7.05 Å². The van der Waals surface area contributed by atoms with Gasteiger partial charge in [-0.25, -0.2) is 0 Å². The van der Waals surface area contributed by atoms with Crippen LogP contribution in [0.2, 0.25) is 0 Å². The predicted molar refractivity (Wildman–Crippen MR) is 119 cm³/mol. The molecule has 1 unspecified atom stereocenters. The molecule has 0 radical (unpaired) electrons. The Kier molecular flexibility index (Phi) is 7.74. The molecule has 0 aromatic rings. The minimum absolute atomic E-state index is 0.310. The SMILES string of the molecule is CN=C(NCC1(N2CCCCC2)CCN(C)CC1)N1CCSC(C(C)C)C1. The maximum absolute atomic E-state index is 4.67. The smallest absolute Gasteiger partial charge is 0.193 e. The molecule has 3 heterocycles. The van der Waals surface area contributed by atoms with E-state index in [9.17, 15) is 0 Å². The van der Waals surface area contributed by atoms with Crippen molar-refractivity contribution in [3.8, 4) is 0 Å². The molecule has 0 aliphatic carbocycles. The molecule has 3 saturated heterocycles. The number of nitrogens with one attached hydrogen (secondary N) is 1. The minimum atomic E-state index is 0.310. The van der Waals surface area contributed by atoms with Gasteiger partial charge in [0.15, 0.2) is 5.96 Å². The average molecular weight is 396 g/mol. The zero-order valence-electron chi connectivity index (χ0n) is 18.0. The summed E-state index contributed by atoms with van der Waals surface area (Å²) in [5.74, 6) is 3.06. The first-order chi connectivity index (χ1) is 13.0. The van der Waals surface area contributed by atoms with Gasteiger partial charge in [0.25, 0.3) is 0 Å². The molecule has 3 fully saturated rings. The molecular weight excluding hydrogens is 354 g/mol. The van der Waals surface area contributed by atoms with Crippen molar-refractivity contribution in [2.75, 3.05) is 65.7 Å². The first kappa shape index (κ1) is 21.3. The molecule has 0 aromatic heterocycles. The highest BCUT2D eigenvalue weighted by Gasteiger charge is 2.40. The molecule has 1 atom stereocenters. The molecule has 3 aliphatic heterocycles. The van der Waals surface area contributed by atoms with Crippen molar-refractivity contribution in [2.45, 2.75) is 56.7 Å². The highest BCUT2D eigenvalue weighted by atomic mass is 32.2. The summed E-state index contributed by atoms with van der Waals surface area (Å²) in [6.07, 6.45) is 6.69. The van der Waals surface area contributed by atoms with Crippen LogP contribution < -0.4 is 5.32 Å². The molecule has 0 bridgehead atoms. The quantitative estimate of drug-likeness (QED) is 0.585. The van der Waals surface area contributed by atoms with Crippen LogP contribution in [0.3, 0.4) is 0 Å². The predicted octanol–water partition coefficient (Wildman–Crippen LogP) is 2.59. The summed E-state index contributed by atoms with van der Waals surface area (Å²) in [6.45, 7) is 13.0. The van der Waals surface area contributed by atoms with Crippen LogP contribution in [0.15, 0.2) is 4.99 Å². The van der Waals surface area contributed by atoms with Crippen molar-refractivity contribution in [3.05, 3.63) is 0 Å². The minimum Gasteiger partial charge on any atom is -0.354 e. The van der Waals surface area contributed by atoms with Crippen LogP contribution in [-0.2, 0) is 0 Å². The highest BCUT2D eigenvalue weighted by molar-refractivity contribution is 8.00. The topological polar surface area (TPSA) is 34.1 Å². The van der Waals surface area contributed by atoms with Crippen molar-refractivity contribution in [3.63, 3.8) is 0 Å². The van der Waals surface area contributed by atoms with Gasteiger partial charge in [0.2, 0.25) is 0 Å². The summed E-state index contributed by atoms with van der Waals surface area (Å²) in [7, 11) is 4.22. The van der Waals surface area contributed by atoms with Crippen molar-refractivity contribution in [1.82, 2.24) is 20.0 Å². The van der Waals surface area contributed by atoms with Crippen LogP contribution in [0.4, 0.5) is 0 Å². The van der Waals surface area contributed by atoms with Gasteiger partial charge in [-0.15, -0.1) is 0 Å². The summed E-state index contributed by atoms with van der Waals surface area (Å²) in [5, 5.41) is 4.55. The lowest BCUT2D eigenvalue weighted by molar-refractivity contribution is 0.0169. The second-order valence-corrected chi connectivity index (χ2v) is 10.4. The fourth-order valence-electron chi connectivity index (χ4n) is 4.85. The van der Waals surface area contributed by atoms with E-state index in [1.165, 1.54) is 64.0 Å². The zero-order chi connectivity index (χ0) is 19.3. The normalized spacial score (nSPS) is 28.6. The summed E-state index contributed by atoms with van der Waals surface area (Å²) >= 11 is 2.13. The van der Waals surface area contributed by atoms with E-state index < -0.39 is 0 Å². The standard InChI is InChI=1S/C21H41N5S/c1-18(2)19-16-25(14-15-27-19)20(22-3)23-17-21(8-12-24(4)13-9-21)26-10-6-5-7-11-26/h18-19H,5-17H2,1-4H3,(H,22,23). The van der Waals surface area contributed by atoms with E-state index in [0.29, 0.717) is 5.54 Å². The Bertz CT molecular complexity index is 481. The number of piperidine rings is 2. The van der Waals surface area contributed by atoms with Crippen LogP contribution in [-0.4, -0.2) is 97.1 Å². The van der Waals surface area contributed by atoms with Crippen molar-refractivity contribution >= 4 is 17.7 Å². The van der Waals surface area contributed by atoms with E-state index in [-0.39, 0.29) is 0 Å². The number of hydrogen-bond donors (Lipinski definition) is 1. The molecule has 1 N–H and O–H groups in total. The number of nitrogens with zero attached hydrogens (tertiary/aromatic N) is 4. The maximum atomic E-state index is 4.67. The van der Waals surface area contributed by atoms with E-state index in [0.717, 1.165) is 36.8 Å². The van der Waals surface area contributed by atoms with Crippen molar-refractivity contribution in [1.29, 1.82) is 0 Å². The number of hydrogen-bond acceptors (Lipinski definition) is 4. The zero-order valence-corrected chi connectivity index (χ0v) is 18.9. The molecule has 0 aromatic carbocycles. The fraction of sp³-hybridized carbons (Fsp3) is 0.952. The number of thioether (sulfide) groups is 1. The number of guanidine groups is 1. The van der Waals surface area contributed by atoms with Gasteiger partial charge in [-0.1, -0.05) is 20.3 Å². The van der Waals surface area contributed by atoms with Crippen LogP contribution in [0.1, 0.15) is 46.0 Å². The second-order valence-electron chi connectivity index (χ2n) is 9.08. The molecule has 3 rings (SSSR count). The lowest BCUT2D eigenvalue weighted by Gasteiger charge is -2.50. The Labute approximate surface area is 171 Å². The first-order valence-corrected chi connectivity index (χ1v) is 12.1. The van der Waals surface area contributed by atoms with E-state index in [4.69, 9.17) is 0 Å². The summed E-state index contributed by atoms with van der Waals surface area (Å²) in [6, 6.07) is 0. The summed E-state index contributed by atoms with van der Waals surface area (Å²) in [4.78, 5) is 12.5. The average Bonchev–Trinajstić information content (AvgIpc) is 2.71. The van der Waals surface area contributed by atoms with Crippen molar-refractivity contribution < 1.29 is 0 Å². The van der Waals surface area contributed by atoms with Crippen LogP contribution in [0.5, 0.6) is 0 Å². The largest absolute Gasteiger partial charge is 0.354 e. The molecule has 6 heteroatoms. The summed E-state index contributed by atoms with van der Waals surface area (Å²) in [5.41, 5.74) is 0.310. The van der Waals surface area contributed by atoms with Gasteiger partial charge in [-0.3, -0.25) is 9.89 Å². The van der Waals surface area contributed by atoms with Gasteiger partial charge in [0, 0.05) is 43.2 Å². The van der Waals surface area contributed by atoms with Gasteiger partial charge in [0.1, 0.15) is 0 Å². The lowest BCUT2D eigenvalue weighted by atomic mass is 9.84. The maximum Gasteiger partial charge on any atom is 0.193 e. The molecule has 27 heavy (non-hydrogen) atoms. The summed E-state index contributed by atoms with van der Waals surface area (Å²) < 4.78 is 0. The lowest BCUT2D eigenvalue weighted by Crippen LogP contribution is -2.62. The number of rotatable bonds is 4. The first-order valence-electron chi connectivity index (χ1n) is 11.0. The molecular formula is C21H41N5S. The van der Waals surface area contributed by atoms with Crippen molar-refractivity contribution in [2.24, 2.45) is 10.9 Å². The molecule has 3 aliphatic rings. The van der Waals surface area contributed by atoms with E-state index >= 15 is 0 Å². The van der Waals surface area contributed by atoms with Crippen LogP contribution >= 0.6 is 11.8 Å². The highest BCUT2D eigenvalue weighted by Crippen LogP contribution is 2.31. The van der Waals surface area contributed by atoms with Gasteiger partial charge in [-0.2, -0.15) is 11.8 Å². The monoisotopic (exact) mass is 395 g/mol. The Hall–Kier alpha value is -0.460. The third-order valence-electron chi connectivity index (χ3n) is 6.87. The van der Waals surface area contributed by atoms with E-state index in [1.54, 1.807) is 0 Å². The Morgan fingerprint density at radius 2 is 1.81 bits per heavy atom. The van der Waals surface area contributed by atoms with Gasteiger partial charge < -0.3 is 15.1 Å². The molecule has 5 nitrogen and oxygen atoms in total. The van der Waals surface area contributed by atoms with Crippen LogP contribution in [0, 0.1) is 5.92 Å². The molecule has 0 amide bonds. The number of likely N-dealkylation sites (tertiary alicyclic amines) is 2. The van der Waals surface area contributed by atoms with Gasteiger partial charge >= 0.3 is 0 Å². The molecule has 0 saturated carbocycles. The fourth-order valence-corrected chi connectivity index (χ4v) is 6.15. The Morgan fingerprint density at radius 1 is 1.11 bits per heavy atom. The van der Waals surface area contributed by atoms with E-state index in [2.05, 4.69) is 57.7 Å². The Morgan fingerprint density at radius 3 is 2.44 bits per heavy atom. The van der Waals surface area contributed by atoms with Crippen LogP contribution in [0.25, 0.3) is 0 Å². The Balaban J connectivity index is 1.64. The third kappa shape index (κ3) is 5.33. The second kappa shape index (κ2) is 9.84. The molecule has 0 spiro atoms. The van der Waals surface area contributed by atoms with Gasteiger partial charge in [-0.05, 0) is 64.8 Å². The third-order valence-corrected chi connectivity index (χ3v) is 8.41. The number of aliphatic imine (C=N–C) groups is 1.